The molecule has 3 aromatic heterocycles. The summed E-state index contributed by atoms with van der Waals surface area (Å²) in [5.41, 5.74) is 2.46. The van der Waals surface area contributed by atoms with E-state index in [4.69, 9.17) is 4.42 Å². The minimum Gasteiger partial charge on any atom is -0.454 e. The molecule has 0 fully saturated rings. The zero-order chi connectivity index (χ0) is 23.7. The van der Waals surface area contributed by atoms with Crippen molar-refractivity contribution in [3.8, 4) is 11.5 Å². The Hall–Kier alpha value is -4.02. The number of amides is 1. The van der Waals surface area contributed by atoms with E-state index >= 15 is 0 Å². The number of hydrogen-bond donors (Lipinski definition) is 2. The third kappa shape index (κ3) is 4.41. The van der Waals surface area contributed by atoms with Crippen LogP contribution in [-0.4, -0.2) is 24.3 Å². The van der Waals surface area contributed by atoms with E-state index in [0.717, 1.165) is 16.5 Å². The van der Waals surface area contributed by atoms with Gasteiger partial charge in [-0.2, -0.15) is 0 Å². The maximum atomic E-state index is 13.0. The van der Waals surface area contributed by atoms with Crippen molar-refractivity contribution in [2.24, 2.45) is 0 Å². The maximum absolute atomic E-state index is 13.0. The average molecular weight is 491 g/mol. The van der Waals surface area contributed by atoms with E-state index < -0.39 is 15.9 Å². The predicted molar refractivity (Wildman–Crippen MR) is 131 cm³/mol. The molecule has 0 spiro atoms. The second kappa shape index (κ2) is 8.73. The van der Waals surface area contributed by atoms with E-state index in [1.807, 2.05) is 37.3 Å². The molecule has 3 heterocycles. The first-order valence-electron chi connectivity index (χ1n) is 10.2. The van der Waals surface area contributed by atoms with Gasteiger partial charge in [0.05, 0.1) is 22.3 Å². The van der Waals surface area contributed by atoms with Gasteiger partial charge in [0.2, 0.25) is 0 Å². The molecule has 2 N–H and O–H groups in total. The average Bonchev–Trinajstić information content (AvgIpc) is 3.46. The van der Waals surface area contributed by atoms with Crippen molar-refractivity contribution in [2.75, 3.05) is 10.0 Å². The van der Waals surface area contributed by atoms with Crippen LogP contribution >= 0.6 is 11.3 Å². The number of furan rings is 1. The lowest BCUT2D eigenvalue weighted by molar-refractivity contribution is 0.102. The first kappa shape index (κ1) is 21.8. The van der Waals surface area contributed by atoms with Gasteiger partial charge in [0.1, 0.15) is 11.3 Å². The molecule has 0 unspecified atom stereocenters. The summed E-state index contributed by atoms with van der Waals surface area (Å²) in [5, 5.41) is 5.81. The Morgan fingerprint density at radius 2 is 1.85 bits per heavy atom. The van der Waals surface area contributed by atoms with Crippen molar-refractivity contribution in [3.63, 3.8) is 0 Å². The predicted octanol–water partition coefficient (Wildman–Crippen LogP) is 5.31. The number of para-hydroxylation sites is 1. The second-order valence-corrected chi connectivity index (χ2v) is 10.0. The van der Waals surface area contributed by atoms with Gasteiger partial charge >= 0.3 is 0 Å². The number of rotatable bonds is 6. The number of aromatic nitrogens is 2. The number of benzene rings is 2. The van der Waals surface area contributed by atoms with Gasteiger partial charge in [0.25, 0.3) is 15.9 Å². The van der Waals surface area contributed by atoms with Crippen LogP contribution in [0.15, 0.2) is 87.8 Å². The SMILES string of the molecule is Cc1ccc(S(=O)(=O)Nc2cnccc2C(=O)Nc2nc(-c3cc4ccccc4o3)cs2)cc1. The smallest absolute Gasteiger partial charge is 0.261 e. The first-order chi connectivity index (χ1) is 16.4. The fourth-order valence-electron chi connectivity index (χ4n) is 3.31. The van der Waals surface area contributed by atoms with Crippen LogP contribution in [-0.2, 0) is 10.0 Å². The van der Waals surface area contributed by atoms with Crippen LogP contribution in [0, 0.1) is 6.92 Å². The van der Waals surface area contributed by atoms with Crippen LogP contribution in [0.5, 0.6) is 0 Å². The lowest BCUT2D eigenvalue weighted by Gasteiger charge is -2.12. The highest BCUT2D eigenvalue weighted by Crippen LogP contribution is 2.30. The number of nitrogens with one attached hydrogen (secondary N) is 2. The van der Waals surface area contributed by atoms with Gasteiger partial charge in [-0.15, -0.1) is 11.3 Å². The van der Waals surface area contributed by atoms with Gasteiger partial charge in [0, 0.05) is 17.0 Å². The summed E-state index contributed by atoms with van der Waals surface area (Å²) in [6.07, 6.45) is 2.71. The van der Waals surface area contributed by atoms with Gasteiger partial charge < -0.3 is 4.42 Å². The van der Waals surface area contributed by atoms with Crippen molar-refractivity contribution in [1.82, 2.24) is 9.97 Å². The van der Waals surface area contributed by atoms with Crippen molar-refractivity contribution >= 4 is 49.1 Å². The molecule has 0 atom stereocenters. The van der Waals surface area contributed by atoms with Crippen molar-refractivity contribution in [1.29, 1.82) is 0 Å². The molecule has 0 aliphatic carbocycles. The molecular formula is C24H18N4O4S2. The second-order valence-electron chi connectivity index (χ2n) is 7.48. The van der Waals surface area contributed by atoms with Crippen LogP contribution in [0.2, 0.25) is 0 Å². The standard InChI is InChI=1S/C24H18N4O4S2/c1-15-6-8-17(9-7-15)34(30,31)28-19-13-25-11-10-18(19)23(29)27-24-26-20(14-33-24)22-12-16-4-2-3-5-21(16)32-22/h2-14,28H,1H3,(H,26,27,29). The molecule has 0 saturated heterocycles. The molecular weight excluding hydrogens is 472 g/mol. The number of carbonyl (C=O) groups is 1. The number of sulfonamides is 1. The quantitative estimate of drug-likeness (QED) is 0.333. The van der Waals surface area contributed by atoms with Crippen LogP contribution in [0.1, 0.15) is 15.9 Å². The summed E-state index contributed by atoms with van der Waals surface area (Å²) < 4.78 is 33.9. The highest BCUT2D eigenvalue weighted by atomic mass is 32.2. The highest BCUT2D eigenvalue weighted by molar-refractivity contribution is 7.92. The molecule has 2 aromatic carbocycles. The van der Waals surface area contributed by atoms with Crippen molar-refractivity contribution in [3.05, 3.63) is 89.6 Å². The Kier molecular flexibility index (Phi) is 5.60. The Balaban J connectivity index is 1.36. The van der Waals surface area contributed by atoms with Gasteiger partial charge in [-0.1, -0.05) is 35.9 Å². The topological polar surface area (TPSA) is 114 Å². The lowest BCUT2D eigenvalue weighted by atomic mass is 10.2. The third-order valence-corrected chi connectivity index (χ3v) is 7.18. The third-order valence-electron chi connectivity index (χ3n) is 5.04. The van der Waals surface area contributed by atoms with Crippen molar-refractivity contribution in [2.45, 2.75) is 11.8 Å². The van der Waals surface area contributed by atoms with Crippen LogP contribution in [0.25, 0.3) is 22.4 Å². The van der Waals surface area contributed by atoms with E-state index in [2.05, 4.69) is 20.0 Å². The van der Waals surface area contributed by atoms with Crippen LogP contribution < -0.4 is 10.0 Å². The lowest BCUT2D eigenvalue weighted by Crippen LogP contribution is -2.19. The Bertz CT molecular complexity index is 1570. The molecule has 0 bridgehead atoms. The van der Waals surface area contributed by atoms with Crippen LogP contribution in [0.4, 0.5) is 10.8 Å². The molecule has 5 aromatic rings. The summed E-state index contributed by atoms with van der Waals surface area (Å²) in [7, 11) is -3.90. The van der Waals surface area contributed by atoms with E-state index in [9.17, 15) is 13.2 Å². The number of nitrogens with zero attached hydrogens (tertiary/aromatic N) is 2. The van der Waals surface area contributed by atoms with E-state index in [-0.39, 0.29) is 16.1 Å². The molecule has 170 valence electrons. The molecule has 10 heteroatoms. The van der Waals surface area contributed by atoms with E-state index in [1.165, 1.54) is 41.9 Å². The molecule has 0 aliphatic heterocycles. The summed E-state index contributed by atoms with van der Waals surface area (Å²) in [6.45, 7) is 1.87. The summed E-state index contributed by atoms with van der Waals surface area (Å²) in [5.74, 6) is 0.0721. The molecule has 0 radical (unpaired) electrons. The first-order valence-corrected chi connectivity index (χ1v) is 12.5. The number of carbonyl (C=O) groups excluding carboxylic acids is 1. The minimum atomic E-state index is -3.90. The summed E-state index contributed by atoms with van der Waals surface area (Å²) in [6, 6.07) is 17.4. The van der Waals surface area contributed by atoms with Gasteiger partial charge in [0.15, 0.2) is 10.9 Å². The Morgan fingerprint density at radius 1 is 1.06 bits per heavy atom. The molecule has 0 saturated carbocycles. The molecule has 0 aliphatic rings. The van der Waals surface area contributed by atoms with Gasteiger partial charge in [-0.3, -0.25) is 19.8 Å². The highest BCUT2D eigenvalue weighted by Gasteiger charge is 2.20. The Morgan fingerprint density at radius 3 is 2.65 bits per heavy atom. The van der Waals surface area contributed by atoms with E-state index in [0.29, 0.717) is 16.6 Å². The zero-order valence-corrected chi connectivity index (χ0v) is 19.5. The summed E-state index contributed by atoms with van der Waals surface area (Å²) in [4.78, 5) is 21.4. The number of pyridine rings is 1. The molecule has 1 amide bonds. The van der Waals surface area contributed by atoms with Gasteiger partial charge in [-0.25, -0.2) is 13.4 Å². The fraction of sp³-hybridized carbons (Fsp3) is 0.0417. The van der Waals surface area contributed by atoms with Crippen LogP contribution in [0.3, 0.4) is 0 Å². The van der Waals surface area contributed by atoms with Gasteiger partial charge in [-0.05, 0) is 37.3 Å². The maximum Gasteiger partial charge on any atom is 0.261 e. The number of aryl methyl sites for hydroxylation is 1. The minimum absolute atomic E-state index is 0.0645. The monoisotopic (exact) mass is 490 g/mol. The zero-order valence-electron chi connectivity index (χ0n) is 17.8. The van der Waals surface area contributed by atoms with E-state index in [1.54, 1.807) is 17.5 Å². The van der Waals surface area contributed by atoms with Crippen molar-refractivity contribution < 1.29 is 17.6 Å². The normalized spacial score (nSPS) is 11.4. The number of hydrogen-bond acceptors (Lipinski definition) is 7. The molecule has 34 heavy (non-hydrogen) atoms. The summed E-state index contributed by atoms with van der Waals surface area (Å²) >= 11 is 1.24. The number of fused-ring (bicyclic) bond motifs is 1. The largest absolute Gasteiger partial charge is 0.454 e. The Labute approximate surface area is 199 Å². The number of anilines is 2. The number of thiazole rings is 1. The fourth-order valence-corrected chi connectivity index (χ4v) is 5.07. The molecule has 5 rings (SSSR count). The molecule has 8 nitrogen and oxygen atoms in total.